The van der Waals surface area contributed by atoms with Crippen molar-refractivity contribution in [3.05, 3.63) is 76.3 Å². The summed E-state index contributed by atoms with van der Waals surface area (Å²) in [5.74, 6) is 1.99. The summed E-state index contributed by atoms with van der Waals surface area (Å²) >= 11 is 6.27. The van der Waals surface area contributed by atoms with E-state index in [-0.39, 0.29) is 12.4 Å². The Labute approximate surface area is 151 Å². The Morgan fingerprint density at radius 2 is 1.88 bits per heavy atom. The monoisotopic (exact) mass is 358 g/mol. The maximum Gasteiger partial charge on any atom is 0.279 e. The van der Waals surface area contributed by atoms with E-state index in [1.54, 1.807) is 0 Å². The molecule has 0 bridgehead atoms. The summed E-state index contributed by atoms with van der Waals surface area (Å²) in [5.41, 5.74) is 4.15. The number of rotatable bonds is 1. The molecule has 122 valence electrons. The van der Waals surface area contributed by atoms with Gasteiger partial charge in [0.05, 0.1) is 12.8 Å². The summed E-state index contributed by atoms with van der Waals surface area (Å²) in [7, 11) is 1.96. The fraction of sp³-hybridized carbons (Fsp3) is 0.167. The summed E-state index contributed by atoms with van der Waals surface area (Å²) in [4.78, 5) is 4.87. The van der Waals surface area contributed by atoms with Gasteiger partial charge in [-0.2, -0.15) is 4.57 Å². The van der Waals surface area contributed by atoms with Gasteiger partial charge >= 0.3 is 0 Å². The zero-order valence-corrected chi connectivity index (χ0v) is 14.9. The molecular formula is C18H16Cl2N4. The first-order valence-electron chi connectivity index (χ1n) is 7.50. The van der Waals surface area contributed by atoms with E-state index < -0.39 is 0 Å². The molecule has 3 aromatic rings. The van der Waals surface area contributed by atoms with Crippen molar-refractivity contribution in [1.29, 1.82) is 0 Å². The van der Waals surface area contributed by atoms with Gasteiger partial charge in [0.2, 0.25) is 0 Å². The molecule has 24 heavy (non-hydrogen) atoms. The number of nitrogens with zero attached hydrogens (tertiary/aromatic N) is 4. The van der Waals surface area contributed by atoms with E-state index in [2.05, 4.69) is 21.8 Å². The van der Waals surface area contributed by atoms with Gasteiger partial charge in [0, 0.05) is 28.2 Å². The standard InChI is InChI=1S/C18H16ClN4.ClH/c1-12-21-22(2)17-11-20-18(13-6-4-3-5-7-13)15-10-14(19)8-9-16(15)23(12)17;/h3-10H,11H2,1-2H3;1H/q+1;/p-1. The van der Waals surface area contributed by atoms with Crippen LogP contribution in [-0.2, 0) is 13.6 Å². The predicted molar refractivity (Wildman–Crippen MR) is 90.3 cm³/mol. The molecule has 2 heterocycles. The average Bonchev–Trinajstić information content (AvgIpc) is 2.74. The Morgan fingerprint density at radius 1 is 1.12 bits per heavy atom. The first-order valence-corrected chi connectivity index (χ1v) is 7.87. The highest BCUT2D eigenvalue weighted by Gasteiger charge is 2.28. The van der Waals surface area contributed by atoms with Crippen LogP contribution in [0.4, 0.5) is 0 Å². The molecule has 0 unspecified atom stereocenters. The highest BCUT2D eigenvalue weighted by Crippen LogP contribution is 2.24. The van der Waals surface area contributed by atoms with Gasteiger partial charge in [0.15, 0.2) is 0 Å². The van der Waals surface area contributed by atoms with Crippen molar-refractivity contribution in [3.8, 4) is 5.69 Å². The molecule has 2 aromatic carbocycles. The van der Waals surface area contributed by atoms with E-state index in [0.29, 0.717) is 11.6 Å². The van der Waals surface area contributed by atoms with Crippen LogP contribution in [0.3, 0.4) is 0 Å². The van der Waals surface area contributed by atoms with E-state index in [4.69, 9.17) is 16.6 Å². The second-order valence-electron chi connectivity index (χ2n) is 5.61. The van der Waals surface area contributed by atoms with E-state index in [0.717, 1.165) is 34.2 Å². The van der Waals surface area contributed by atoms with E-state index in [1.165, 1.54) is 0 Å². The van der Waals surface area contributed by atoms with Gasteiger partial charge in [-0.3, -0.25) is 4.99 Å². The van der Waals surface area contributed by atoms with Gasteiger partial charge in [0.25, 0.3) is 11.6 Å². The fourth-order valence-electron chi connectivity index (χ4n) is 3.11. The van der Waals surface area contributed by atoms with Crippen LogP contribution < -0.4 is 17.0 Å². The Bertz CT molecular complexity index is 930. The molecule has 0 saturated heterocycles. The topological polar surface area (TPSA) is 34.1 Å². The highest BCUT2D eigenvalue weighted by molar-refractivity contribution is 6.31. The van der Waals surface area contributed by atoms with Gasteiger partial charge in [0.1, 0.15) is 12.2 Å². The molecule has 0 radical (unpaired) electrons. The largest absolute Gasteiger partial charge is 1.00 e. The quantitative estimate of drug-likeness (QED) is 0.564. The van der Waals surface area contributed by atoms with Gasteiger partial charge < -0.3 is 12.4 Å². The lowest BCUT2D eigenvalue weighted by Gasteiger charge is -2.09. The zero-order valence-electron chi connectivity index (χ0n) is 13.4. The van der Waals surface area contributed by atoms with Crippen LogP contribution in [0.25, 0.3) is 5.69 Å². The molecule has 0 atom stereocenters. The number of hydrogen-bond acceptors (Lipinski definition) is 2. The molecule has 0 fully saturated rings. The van der Waals surface area contributed by atoms with Gasteiger partial charge in [-0.25, -0.2) is 0 Å². The molecule has 0 aliphatic carbocycles. The van der Waals surface area contributed by atoms with Crippen LogP contribution >= 0.6 is 11.6 Å². The summed E-state index contributed by atoms with van der Waals surface area (Å²) in [6.07, 6.45) is 0. The van der Waals surface area contributed by atoms with Crippen LogP contribution in [0, 0.1) is 6.92 Å². The Kier molecular flexibility index (Phi) is 4.43. The van der Waals surface area contributed by atoms with Crippen molar-refractivity contribution in [3.63, 3.8) is 0 Å². The van der Waals surface area contributed by atoms with Crippen molar-refractivity contribution >= 4 is 17.3 Å². The maximum absolute atomic E-state index is 6.27. The molecule has 0 spiro atoms. The van der Waals surface area contributed by atoms with Crippen LogP contribution in [0.15, 0.2) is 53.5 Å². The van der Waals surface area contributed by atoms with Crippen LogP contribution in [0.1, 0.15) is 22.8 Å². The number of aliphatic imine (C=N–C) groups is 1. The zero-order chi connectivity index (χ0) is 16.0. The van der Waals surface area contributed by atoms with Gasteiger partial charge in [-0.1, -0.05) is 41.9 Å². The molecule has 1 aliphatic rings. The van der Waals surface area contributed by atoms with Crippen molar-refractivity contribution in [2.45, 2.75) is 13.5 Å². The van der Waals surface area contributed by atoms with Crippen LogP contribution in [0.5, 0.6) is 0 Å². The van der Waals surface area contributed by atoms with Crippen molar-refractivity contribution in [2.75, 3.05) is 0 Å². The first kappa shape index (κ1) is 16.7. The normalized spacial score (nSPS) is 12.5. The Morgan fingerprint density at radius 3 is 2.62 bits per heavy atom. The Hall–Kier alpha value is -2.17. The number of hydrogen-bond donors (Lipinski definition) is 0. The van der Waals surface area contributed by atoms with Crippen LogP contribution in [-0.4, -0.2) is 15.5 Å². The van der Waals surface area contributed by atoms with Crippen LogP contribution in [0.2, 0.25) is 5.02 Å². The molecule has 4 rings (SSSR count). The van der Waals surface area contributed by atoms with E-state index in [1.807, 2.05) is 55.1 Å². The third-order valence-corrected chi connectivity index (χ3v) is 4.37. The minimum absolute atomic E-state index is 0. The molecule has 1 aromatic heterocycles. The second-order valence-corrected chi connectivity index (χ2v) is 6.05. The molecule has 0 saturated carbocycles. The molecular weight excluding hydrogens is 343 g/mol. The van der Waals surface area contributed by atoms with E-state index in [9.17, 15) is 0 Å². The summed E-state index contributed by atoms with van der Waals surface area (Å²) in [5, 5.41) is 5.24. The number of aromatic nitrogens is 3. The lowest BCUT2D eigenvalue weighted by Crippen LogP contribution is -3.00. The first-order chi connectivity index (χ1) is 11.1. The van der Waals surface area contributed by atoms with Crippen molar-refractivity contribution in [2.24, 2.45) is 12.0 Å². The highest BCUT2D eigenvalue weighted by atomic mass is 35.5. The van der Waals surface area contributed by atoms with E-state index >= 15 is 0 Å². The van der Waals surface area contributed by atoms with Gasteiger partial charge in [-0.15, -0.1) is 4.68 Å². The lowest BCUT2D eigenvalue weighted by molar-refractivity contribution is -0.611. The average molecular weight is 359 g/mol. The van der Waals surface area contributed by atoms with Crippen molar-refractivity contribution < 1.29 is 17.0 Å². The molecule has 4 nitrogen and oxygen atoms in total. The summed E-state index contributed by atoms with van der Waals surface area (Å²) in [6.45, 7) is 2.59. The lowest BCUT2D eigenvalue weighted by atomic mass is 10.0. The van der Waals surface area contributed by atoms with Gasteiger partial charge in [-0.05, 0) is 18.2 Å². The maximum atomic E-state index is 6.27. The number of halogens is 2. The number of aryl methyl sites for hydroxylation is 2. The molecule has 1 aliphatic heterocycles. The third kappa shape index (κ3) is 2.62. The summed E-state index contributed by atoms with van der Waals surface area (Å²) in [6, 6.07) is 16.2. The smallest absolute Gasteiger partial charge is 0.279 e. The minimum Gasteiger partial charge on any atom is -1.00 e. The summed E-state index contributed by atoms with van der Waals surface area (Å²) < 4.78 is 4.05. The number of fused-ring (bicyclic) bond motifs is 3. The SMILES string of the molecule is Cc1nn(C)c2[n+]1-c1ccc(Cl)cc1C(c1ccccc1)=NC2.[Cl-]. The Balaban J connectivity index is 0.00000169. The molecule has 6 heteroatoms. The molecule has 0 amide bonds. The van der Waals surface area contributed by atoms with Crippen molar-refractivity contribution in [1.82, 2.24) is 9.78 Å². The number of benzene rings is 2. The predicted octanol–water partition coefficient (Wildman–Crippen LogP) is 0.0136. The fourth-order valence-corrected chi connectivity index (χ4v) is 3.28. The second kappa shape index (κ2) is 6.38. The minimum atomic E-state index is 0. The molecule has 0 N–H and O–H groups in total. The third-order valence-electron chi connectivity index (χ3n) is 4.13.